The Morgan fingerprint density at radius 3 is 2.69 bits per heavy atom. The van der Waals surface area contributed by atoms with Crippen LogP contribution in [0.4, 0.5) is 0 Å². The summed E-state index contributed by atoms with van der Waals surface area (Å²) in [6.07, 6.45) is 0.694. The van der Waals surface area contributed by atoms with Gasteiger partial charge in [-0.2, -0.15) is 0 Å². The van der Waals surface area contributed by atoms with E-state index in [1.165, 1.54) is 0 Å². The molecule has 0 aromatic heterocycles. The maximum atomic E-state index is 11.1. The van der Waals surface area contributed by atoms with Crippen LogP contribution in [0.1, 0.15) is 6.42 Å². The highest BCUT2D eigenvalue weighted by molar-refractivity contribution is 7.91. The molecule has 0 radical (unpaired) electrons. The quantitative estimate of drug-likeness (QED) is 0.497. The molecule has 78 valence electrons. The van der Waals surface area contributed by atoms with Crippen molar-refractivity contribution < 1.29 is 8.42 Å². The van der Waals surface area contributed by atoms with Gasteiger partial charge in [-0.15, -0.1) is 0 Å². The van der Waals surface area contributed by atoms with Gasteiger partial charge in [0.05, 0.1) is 11.5 Å². The molecular formula is C7H17N3O2S. The largest absolute Gasteiger partial charge is 0.329 e. The zero-order chi connectivity index (χ0) is 9.90. The van der Waals surface area contributed by atoms with Gasteiger partial charge in [-0.3, -0.25) is 0 Å². The molecule has 1 aliphatic heterocycles. The van der Waals surface area contributed by atoms with E-state index in [0.717, 1.165) is 0 Å². The van der Waals surface area contributed by atoms with Crippen LogP contribution in [0.5, 0.6) is 0 Å². The van der Waals surface area contributed by atoms with Crippen LogP contribution in [0.25, 0.3) is 0 Å². The predicted molar refractivity (Wildman–Crippen MR) is 52.1 cm³/mol. The van der Waals surface area contributed by atoms with Gasteiger partial charge in [-0.05, 0) is 6.42 Å². The van der Waals surface area contributed by atoms with E-state index in [9.17, 15) is 8.42 Å². The summed E-state index contributed by atoms with van der Waals surface area (Å²) in [4.78, 5) is 0. The summed E-state index contributed by atoms with van der Waals surface area (Å²) in [6.45, 7) is 1.02. The number of hydrogen-bond acceptors (Lipinski definition) is 5. The van der Waals surface area contributed by atoms with Crippen molar-refractivity contribution in [2.75, 3.05) is 24.6 Å². The fraction of sp³-hybridized carbons (Fsp3) is 1.00. The summed E-state index contributed by atoms with van der Waals surface area (Å²) in [5.41, 5.74) is 10.9. The highest BCUT2D eigenvalue weighted by Crippen LogP contribution is 2.10. The second-order valence-electron chi connectivity index (χ2n) is 3.50. The van der Waals surface area contributed by atoms with Crippen LogP contribution in [-0.2, 0) is 9.84 Å². The Morgan fingerprint density at radius 2 is 2.23 bits per heavy atom. The number of nitrogens with one attached hydrogen (secondary N) is 1. The second kappa shape index (κ2) is 4.36. The summed E-state index contributed by atoms with van der Waals surface area (Å²) >= 11 is 0. The minimum atomic E-state index is -2.78. The highest BCUT2D eigenvalue weighted by Gasteiger charge is 2.27. The standard InChI is InChI=1S/C7H17N3O2S/c8-3-6(9)4-10-7-1-2-13(11,12)5-7/h6-7,10H,1-5,8-9H2. The first kappa shape index (κ1) is 10.9. The fourth-order valence-corrected chi connectivity index (χ4v) is 3.07. The molecule has 1 fully saturated rings. The van der Waals surface area contributed by atoms with Gasteiger partial charge in [-0.25, -0.2) is 8.42 Å². The zero-order valence-electron chi connectivity index (χ0n) is 7.57. The Hall–Kier alpha value is -0.170. The van der Waals surface area contributed by atoms with E-state index in [1.54, 1.807) is 0 Å². The molecule has 0 saturated carbocycles. The molecule has 6 heteroatoms. The van der Waals surface area contributed by atoms with Crippen LogP contribution in [0.15, 0.2) is 0 Å². The Kier molecular flexibility index (Phi) is 3.66. The SMILES string of the molecule is NCC(N)CNC1CCS(=O)(=O)C1. The first-order valence-corrected chi connectivity index (χ1v) is 6.25. The van der Waals surface area contributed by atoms with Gasteiger partial charge >= 0.3 is 0 Å². The maximum absolute atomic E-state index is 11.1. The minimum absolute atomic E-state index is 0.0719. The van der Waals surface area contributed by atoms with Crippen LogP contribution in [0.2, 0.25) is 0 Å². The molecule has 2 atom stereocenters. The van der Waals surface area contributed by atoms with Gasteiger partial charge in [0.2, 0.25) is 0 Å². The molecule has 1 heterocycles. The lowest BCUT2D eigenvalue weighted by molar-refractivity contribution is 0.510. The van der Waals surface area contributed by atoms with Crippen LogP contribution in [0, 0.1) is 0 Å². The molecule has 1 saturated heterocycles. The third-order valence-electron chi connectivity index (χ3n) is 2.20. The summed E-state index contributed by atoms with van der Waals surface area (Å²) < 4.78 is 22.1. The van der Waals surface area contributed by atoms with Crippen molar-refractivity contribution >= 4 is 9.84 Å². The molecule has 2 unspecified atom stereocenters. The molecular weight excluding hydrogens is 190 g/mol. The second-order valence-corrected chi connectivity index (χ2v) is 5.73. The lowest BCUT2D eigenvalue weighted by Crippen LogP contribution is -2.43. The predicted octanol–water partition coefficient (Wildman–Crippen LogP) is -1.95. The monoisotopic (exact) mass is 207 g/mol. The van der Waals surface area contributed by atoms with E-state index < -0.39 is 9.84 Å². The van der Waals surface area contributed by atoms with Crippen molar-refractivity contribution in [3.8, 4) is 0 Å². The first-order valence-electron chi connectivity index (χ1n) is 4.43. The summed E-state index contributed by atoms with van der Waals surface area (Å²) in [5.74, 6) is 0.535. The minimum Gasteiger partial charge on any atom is -0.329 e. The van der Waals surface area contributed by atoms with Crippen LogP contribution < -0.4 is 16.8 Å². The highest BCUT2D eigenvalue weighted by atomic mass is 32.2. The van der Waals surface area contributed by atoms with Crippen molar-refractivity contribution in [3.05, 3.63) is 0 Å². The van der Waals surface area contributed by atoms with Crippen molar-refractivity contribution in [2.24, 2.45) is 11.5 Å². The number of rotatable bonds is 4. The van der Waals surface area contributed by atoms with E-state index in [-0.39, 0.29) is 17.8 Å². The molecule has 0 bridgehead atoms. The zero-order valence-corrected chi connectivity index (χ0v) is 8.39. The molecule has 0 aliphatic carbocycles. The lowest BCUT2D eigenvalue weighted by Gasteiger charge is -2.14. The van der Waals surface area contributed by atoms with Crippen molar-refractivity contribution in [1.29, 1.82) is 0 Å². The van der Waals surface area contributed by atoms with E-state index in [2.05, 4.69) is 5.32 Å². The average molecular weight is 207 g/mol. The fourth-order valence-electron chi connectivity index (χ4n) is 1.36. The Bertz CT molecular complexity index is 252. The maximum Gasteiger partial charge on any atom is 0.151 e. The topological polar surface area (TPSA) is 98.2 Å². The van der Waals surface area contributed by atoms with Gasteiger partial charge in [-0.1, -0.05) is 0 Å². The molecule has 0 spiro atoms. The number of hydrogen-bond donors (Lipinski definition) is 3. The average Bonchev–Trinajstić information content (AvgIpc) is 2.41. The third-order valence-corrected chi connectivity index (χ3v) is 3.97. The van der Waals surface area contributed by atoms with Gasteiger partial charge in [0.25, 0.3) is 0 Å². The van der Waals surface area contributed by atoms with Gasteiger partial charge < -0.3 is 16.8 Å². The van der Waals surface area contributed by atoms with Gasteiger partial charge in [0.1, 0.15) is 0 Å². The lowest BCUT2D eigenvalue weighted by atomic mass is 10.2. The summed E-state index contributed by atoms with van der Waals surface area (Å²) in [7, 11) is -2.78. The Morgan fingerprint density at radius 1 is 1.54 bits per heavy atom. The molecule has 0 aromatic rings. The van der Waals surface area contributed by atoms with Crippen LogP contribution in [-0.4, -0.2) is 45.1 Å². The van der Waals surface area contributed by atoms with E-state index in [4.69, 9.17) is 11.5 Å². The van der Waals surface area contributed by atoms with Crippen LogP contribution in [0.3, 0.4) is 0 Å². The number of sulfone groups is 1. The molecule has 1 aliphatic rings. The first-order chi connectivity index (χ1) is 6.03. The summed E-state index contributed by atoms with van der Waals surface area (Å²) in [5, 5.41) is 3.10. The Balaban J connectivity index is 2.25. The van der Waals surface area contributed by atoms with E-state index >= 15 is 0 Å². The molecule has 13 heavy (non-hydrogen) atoms. The van der Waals surface area contributed by atoms with E-state index in [1.807, 2.05) is 0 Å². The molecule has 0 amide bonds. The van der Waals surface area contributed by atoms with Gasteiger partial charge in [0.15, 0.2) is 9.84 Å². The Labute approximate surface area is 78.8 Å². The summed E-state index contributed by atoms with van der Waals surface area (Å²) in [6, 6.07) is -0.00842. The normalized spacial score (nSPS) is 28.9. The third kappa shape index (κ3) is 3.60. The van der Waals surface area contributed by atoms with Crippen molar-refractivity contribution in [1.82, 2.24) is 5.32 Å². The smallest absolute Gasteiger partial charge is 0.151 e. The van der Waals surface area contributed by atoms with Gasteiger partial charge in [0, 0.05) is 25.2 Å². The van der Waals surface area contributed by atoms with E-state index in [0.29, 0.717) is 25.3 Å². The van der Waals surface area contributed by atoms with Crippen molar-refractivity contribution in [2.45, 2.75) is 18.5 Å². The molecule has 5 nitrogen and oxygen atoms in total. The van der Waals surface area contributed by atoms with Crippen LogP contribution >= 0.6 is 0 Å². The van der Waals surface area contributed by atoms with Crippen molar-refractivity contribution in [3.63, 3.8) is 0 Å². The number of nitrogens with two attached hydrogens (primary N) is 2. The molecule has 0 aromatic carbocycles. The molecule has 1 rings (SSSR count). The molecule has 5 N–H and O–H groups in total.